The first kappa shape index (κ1) is 20.6. The van der Waals surface area contributed by atoms with E-state index in [1.807, 2.05) is 6.07 Å². The van der Waals surface area contributed by atoms with Gasteiger partial charge in [-0.3, -0.25) is 4.79 Å². The van der Waals surface area contributed by atoms with Crippen molar-refractivity contribution in [2.24, 2.45) is 0 Å². The van der Waals surface area contributed by atoms with Crippen molar-refractivity contribution >= 4 is 11.6 Å². The number of amides is 1. The zero-order chi connectivity index (χ0) is 21.0. The maximum absolute atomic E-state index is 14.0. The summed E-state index contributed by atoms with van der Waals surface area (Å²) in [6, 6.07) is 10.1. The van der Waals surface area contributed by atoms with Crippen LogP contribution in [0.1, 0.15) is 41.4 Å². The van der Waals surface area contributed by atoms with Crippen molar-refractivity contribution < 1.29 is 14.3 Å². The van der Waals surface area contributed by atoms with E-state index in [0.717, 1.165) is 38.4 Å². The zero-order valence-corrected chi connectivity index (χ0v) is 16.7. The maximum atomic E-state index is 14.0. The smallest absolute Gasteiger partial charge is 0.251 e. The number of benzene rings is 2. The summed E-state index contributed by atoms with van der Waals surface area (Å²) in [5.74, 6) is -0.945. The number of halogens is 1. The third-order valence-corrected chi connectivity index (χ3v) is 5.27. The normalized spacial score (nSPS) is 15.6. The number of likely N-dealkylation sites (N-methyl/N-ethyl adjacent to an activating group) is 1. The molecule has 3 rings (SSSR count). The monoisotopic (exact) mass is 396 g/mol. The van der Waals surface area contributed by atoms with Gasteiger partial charge in [0.25, 0.3) is 5.91 Å². The summed E-state index contributed by atoms with van der Waals surface area (Å²) < 4.78 is 14.0. The average Bonchev–Trinajstić information content (AvgIpc) is 2.73. The molecular weight excluding hydrogens is 371 g/mol. The van der Waals surface area contributed by atoms with Gasteiger partial charge in [-0.1, -0.05) is 6.92 Å². The molecule has 1 fully saturated rings. The largest absolute Gasteiger partial charge is 0.508 e. The van der Waals surface area contributed by atoms with Crippen LogP contribution in [-0.4, -0.2) is 48.6 Å². The number of anilines is 1. The summed E-state index contributed by atoms with van der Waals surface area (Å²) in [4.78, 5) is 17.2. The summed E-state index contributed by atoms with van der Waals surface area (Å²) >= 11 is 0. The molecule has 1 atom stereocenters. The molecule has 2 aromatic carbocycles. The van der Waals surface area contributed by atoms with Crippen LogP contribution in [0.5, 0.6) is 5.75 Å². The lowest BCUT2D eigenvalue weighted by Crippen LogP contribution is -2.46. The Bertz CT molecular complexity index is 933. The molecule has 0 aromatic heterocycles. The molecule has 0 radical (unpaired) electrons. The molecule has 0 spiro atoms. The number of rotatable bonds is 5. The van der Waals surface area contributed by atoms with Gasteiger partial charge in [0.15, 0.2) is 0 Å². The van der Waals surface area contributed by atoms with E-state index < -0.39 is 11.9 Å². The van der Waals surface area contributed by atoms with Crippen molar-refractivity contribution in [2.75, 3.05) is 37.6 Å². The lowest BCUT2D eigenvalue weighted by Gasteiger charge is -2.37. The molecule has 7 heteroatoms. The van der Waals surface area contributed by atoms with Gasteiger partial charge in [-0.2, -0.15) is 5.26 Å². The van der Waals surface area contributed by atoms with Gasteiger partial charge < -0.3 is 20.2 Å². The van der Waals surface area contributed by atoms with Gasteiger partial charge in [0.2, 0.25) is 0 Å². The lowest BCUT2D eigenvalue weighted by molar-refractivity contribution is 0.0939. The van der Waals surface area contributed by atoms with Gasteiger partial charge >= 0.3 is 0 Å². The van der Waals surface area contributed by atoms with E-state index in [0.29, 0.717) is 5.56 Å². The molecule has 1 aliphatic heterocycles. The second-order valence-corrected chi connectivity index (χ2v) is 7.20. The molecule has 0 aliphatic carbocycles. The summed E-state index contributed by atoms with van der Waals surface area (Å²) in [5, 5.41) is 21.6. The average molecular weight is 396 g/mol. The van der Waals surface area contributed by atoms with Crippen molar-refractivity contribution in [3.63, 3.8) is 0 Å². The summed E-state index contributed by atoms with van der Waals surface area (Å²) in [6.45, 7) is 8.49. The minimum atomic E-state index is -0.453. The highest BCUT2D eigenvalue weighted by molar-refractivity contribution is 5.95. The van der Waals surface area contributed by atoms with Gasteiger partial charge in [0, 0.05) is 43.0 Å². The molecule has 2 aromatic rings. The SMILES string of the molecule is CCN1CCN(c2ccc(F)cc2C(C)NC(=O)c2cc(O)cc(C#N)c2)CC1. The fraction of sp³-hybridized carbons (Fsp3) is 0.364. The zero-order valence-electron chi connectivity index (χ0n) is 16.7. The molecule has 6 nitrogen and oxygen atoms in total. The molecule has 1 heterocycles. The van der Waals surface area contributed by atoms with E-state index in [-0.39, 0.29) is 22.7 Å². The number of nitrogens with one attached hydrogen (secondary N) is 1. The highest BCUT2D eigenvalue weighted by Crippen LogP contribution is 2.29. The number of nitriles is 1. The number of carbonyl (C=O) groups excluding carboxylic acids is 1. The predicted octanol–water partition coefficient (Wildman–Crippen LogP) is 3.04. The number of carbonyl (C=O) groups is 1. The van der Waals surface area contributed by atoms with E-state index in [1.54, 1.807) is 13.0 Å². The summed E-state index contributed by atoms with van der Waals surface area (Å²) in [7, 11) is 0. The Morgan fingerprint density at radius 2 is 1.97 bits per heavy atom. The summed E-state index contributed by atoms with van der Waals surface area (Å²) in [5.41, 5.74) is 1.98. The van der Waals surface area contributed by atoms with Gasteiger partial charge in [-0.25, -0.2) is 4.39 Å². The Balaban J connectivity index is 1.81. The van der Waals surface area contributed by atoms with E-state index in [1.165, 1.54) is 30.3 Å². The molecule has 1 unspecified atom stereocenters. The fourth-order valence-corrected chi connectivity index (χ4v) is 3.63. The van der Waals surface area contributed by atoms with E-state index in [9.17, 15) is 14.3 Å². The Morgan fingerprint density at radius 3 is 2.62 bits per heavy atom. The molecule has 0 saturated carbocycles. The van der Waals surface area contributed by atoms with Crippen LogP contribution in [0.2, 0.25) is 0 Å². The first-order valence-corrected chi connectivity index (χ1v) is 9.73. The van der Waals surface area contributed by atoms with Crippen LogP contribution in [0, 0.1) is 17.1 Å². The second kappa shape index (κ2) is 8.93. The Labute approximate surface area is 170 Å². The van der Waals surface area contributed by atoms with Crippen molar-refractivity contribution in [1.82, 2.24) is 10.2 Å². The van der Waals surface area contributed by atoms with Crippen LogP contribution in [0.4, 0.5) is 10.1 Å². The van der Waals surface area contributed by atoms with Gasteiger partial charge in [-0.15, -0.1) is 0 Å². The van der Waals surface area contributed by atoms with Crippen molar-refractivity contribution in [1.29, 1.82) is 5.26 Å². The lowest BCUT2D eigenvalue weighted by atomic mass is 10.0. The molecule has 2 N–H and O–H groups in total. The third-order valence-electron chi connectivity index (χ3n) is 5.27. The van der Waals surface area contributed by atoms with Gasteiger partial charge in [0.1, 0.15) is 11.6 Å². The molecule has 29 heavy (non-hydrogen) atoms. The first-order valence-electron chi connectivity index (χ1n) is 9.73. The van der Waals surface area contributed by atoms with Gasteiger partial charge in [-0.05, 0) is 49.9 Å². The number of piperazine rings is 1. The number of hydrogen-bond donors (Lipinski definition) is 2. The van der Waals surface area contributed by atoms with Gasteiger partial charge in [0.05, 0.1) is 17.7 Å². The Kier molecular flexibility index (Phi) is 6.35. The standard InChI is InChI=1S/C22H25FN4O2/c1-3-26-6-8-27(9-7-26)21-5-4-18(23)13-20(21)15(2)25-22(29)17-10-16(14-24)11-19(28)12-17/h4-5,10-13,15,28H,3,6-9H2,1-2H3,(H,25,29). The van der Waals surface area contributed by atoms with Crippen LogP contribution in [0.3, 0.4) is 0 Å². The quantitative estimate of drug-likeness (QED) is 0.812. The second-order valence-electron chi connectivity index (χ2n) is 7.20. The fourth-order valence-electron chi connectivity index (χ4n) is 3.63. The van der Waals surface area contributed by atoms with E-state index >= 15 is 0 Å². The number of nitrogens with zero attached hydrogens (tertiary/aromatic N) is 3. The molecule has 0 bridgehead atoms. The Morgan fingerprint density at radius 1 is 1.24 bits per heavy atom. The van der Waals surface area contributed by atoms with Crippen LogP contribution in [-0.2, 0) is 0 Å². The highest BCUT2D eigenvalue weighted by Gasteiger charge is 2.22. The number of phenols is 1. The van der Waals surface area contributed by atoms with Crippen molar-refractivity contribution in [3.8, 4) is 11.8 Å². The predicted molar refractivity (Wildman–Crippen MR) is 109 cm³/mol. The van der Waals surface area contributed by atoms with Crippen molar-refractivity contribution in [2.45, 2.75) is 19.9 Å². The molecule has 1 amide bonds. The van der Waals surface area contributed by atoms with E-state index in [4.69, 9.17) is 5.26 Å². The molecule has 1 aliphatic rings. The minimum Gasteiger partial charge on any atom is -0.508 e. The highest BCUT2D eigenvalue weighted by atomic mass is 19.1. The molecule has 152 valence electrons. The van der Waals surface area contributed by atoms with Crippen LogP contribution >= 0.6 is 0 Å². The van der Waals surface area contributed by atoms with Crippen molar-refractivity contribution in [3.05, 3.63) is 58.9 Å². The minimum absolute atomic E-state index is 0.151. The number of aromatic hydroxyl groups is 1. The molecule has 1 saturated heterocycles. The number of phenolic OH excluding ortho intramolecular Hbond substituents is 1. The maximum Gasteiger partial charge on any atom is 0.251 e. The van der Waals surface area contributed by atoms with E-state index in [2.05, 4.69) is 22.0 Å². The topological polar surface area (TPSA) is 79.6 Å². The first-order chi connectivity index (χ1) is 13.9. The van der Waals surface area contributed by atoms with Crippen LogP contribution in [0.15, 0.2) is 36.4 Å². The molecular formula is C22H25FN4O2. The van der Waals surface area contributed by atoms with Crippen LogP contribution in [0.25, 0.3) is 0 Å². The van der Waals surface area contributed by atoms with Crippen LogP contribution < -0.4 is 10.2 Å². The third kappa shape index (κ3) is 4.84. The number of hydrogen-bond acceptors (Lipinski definition) is 5. The Hall–Kier alpha value is -3.11. The summed E-state index contributed by atoms with van der Waals surface area (Å²) in [6.07, 6.45) is 0.